The monoisotopic (exact) mass is 239 g/mol. The molecule has 1 saturated heterocycles. The van der Waals surface area contributed by atoms with E-state index in [1.54, 1.807) is 0 Å². The Labute approximate surface area is 99.7 Å². The highest BCUT2D eigenvalue weighted by Crippen LogP contribution is 2.26. The average molecular weight is 239 g/mol. The van der Waals surface area contributed by atoms with Crippen molar-refractivity contribution >= 4 is 11.9 Å². The lowest BCUT2D eigenvalue weighted by atomic mass is 9.93. The molecule has 5 heteroatoms. The summed E-state index contributed by atoms with van der Waals surface area (Å²) in [5, 5.41) is 18.5. The van der Waals surface area contributed by atoms with Gasteiger partial charge in [-0.05, 0) is 19.3 Å². The zero-order valence-electron chi connectivity index (χ0n) is 9.58. The van der Waals surface area contributed by atoms with Crippen LogP contribution in [0.25, 0.3) is 0 Å². The molecule has 1 heterocycles. The van der Waals surface area contributed by atoms with Crippen molar-refractivity contribution in [3.8, 4) is 0 Å². The second-order valence-corrected chi connectivity index (χ2v) is 4.72. The number of carbonyl (C=O) groups excluding carboxylic acids is 1. The minimum atomic E-state index is -1.03. The fraction of sp³-hybridized carbons (Fsp3) is 0.667. The van der Waals surface area contributed by atoms with Crippen molar-refractivity contribution in [3.63, 3.8) is 0 Å². The summed E-state index contributed by atoms with van der Waals surface area (Å²) in [6.07, 6.45) is 5.76. The molecule has 94 valence electrons. The number of β-amino-alcohol motifs (C(OH)–C–C–N with tert-alkyl or cyclic N) is 1. The van der Waals surface area contributed by atoms with Crippen molar-refractivity contribution in [1.29, 1.82) is 0 Å². The summed E-state index contributed by atoms with van der Waals surface area (Å²) >= 11 is 0. The molecule has 2 N–H and O–H groups in total. The molecule has 1 aliphatic carbocycles. The number of carboxylic acids is 1. The predicted octanol–water partition coefficient (Wildman–Crippen LogP) is 0.389. The minimum absolute atomic E-state index is 0.118. The largest absolute Gasteiger partial charge is 0.480 e. The van der Waals surface area contributed by atoms with Crippen LogP contribution in [0.2, 0.25) is 0 Å². The van der Waals surface area contributed by atoms with Gasteiger partial charge in [0.1, 0.15) is 6.04 Å². The van der Waals surface area contributed by atoms with E-state index in [4.69, 9.17) is 5.11 Å². The molecule has 0 aromatic rings. The SMILES string of the molecule is O=C(O)[C@H]1C[C@@H](O)CN1C(=O)C1CC=CCC1. The number of aliphatic hydroxyl groups excluding tert-OH is 1. The van der Waals surface area contributed by atoms with Gasteiger partial charge >= 0.3 is 5.97 Å². The number of rotatable bonds is 2. The van der Waals surface area contributed by atoms with Gasteiger partial charge in [-0.2, -0.15) is 0 Å². The Kier molecular flexibility index (Phi) is 3.47. The Morgan fingerprint density at radius 2 is 2.06 bits per heavy atom. The van der Waals surface area contributed by atoms with Gasteiger partial charge in [0.15, 0.2) is 0 Å². The molecular weight excluding hydrogens is 222 g/mol. The molecule has 0 aromatic carbocycles. The van der Waals surface area contributed by atoms with Crippen LogP contribution in [-0.4, -0.2) is 45.7 Å². The summed E-state index contributed by atoms with van der Waals surface area (Å²) in [7, 11) is 0. The summed E-state index contributed by atoms with van der Waals surface area (Å²) in [6.45, 7) is 0.149. The van der Waals surface area contributed by atoms with Crippen LogP contribution in [0.3, 0.4) is 0 Å². The third-order valence-corrected chi connectivity index (χ3v) is 3.47. The first-order chi connectivity index (χ1) is 8.09. The van der Waals surface area contributed by atoms with Gasteiger partial charge in [-0.3, -0.25) is 4.79 Å². The summed E-state index contributed by atoms with van der Waals surface area (Å²) in [4.78, 5) is 24.5. The van der Waals surface area contributed by atoms with E-state index in [1.807, 2.05) is 12.2 Å². The zero-order chi connectivity index (χ0) is 12.4. The van der Waals surface area contributed by atoms with Crippen LogP contribution < -0.4 is 0 Å². The number of amides is 1. The smallest absolute Gasteiger partial charge is 0.326 e. The van der Waals surface area contributed by atoms with E-state index in [2.05, 4.69) is 0 Å². The zero-order valence-corrected chi connectivity index (χ0v) is 9.58. The number of carbonyl (C=O) groups is 2. The number of hydrogen-bond acceptors (Lipinski definition) is 3. The van der Waals surface area contributed by atoms with E-state index in [9.17, 15) is 14.7 Å². The van der Waals surface area contributed by atoms with Crippen LogP contribution in [0.1, 0.15) is 25.7 Å². The van der Waals surface area contributed by atoms with Gasteiger partial charge in [0.05, 0.1) is 6.10 Å². The lowest BCUT2D eigenvalue weighted by Gasteiger charge is -2.27. The summed E-state index contributed by atoms with van der Waals surface area (Å²) in [5.41, 5.74) is 0. The van der Waals surface area contributed by atoms with Crippen molar-refractivity contribution in [2.75, 3.05) is 6.54 Å². The maximum absolute atomic E-state index is 12.2. The first-order valence-electron chi connectivity index (χ1n) is 5.96. The number of carboxylic acid groups (broad SMARTS) is 1. The lowest BCUT2D eigenvalue weighted by molar-refractivity contribution is -0.150. The molecule has 0 bridgehead atoms. The molecule has 0 aromatic heterocycles. The minimum Gasteiger partial charge on any atom is -0.480 e. The standard InChI is InChI=1S/C12H17NO4/c14-9-6-10(12(16)17)13(7-9)11(15)8-4-2-1-3-5-8/h1-2,8-10,14H,3-7H2,(H,16,17)/t8?,9-,10-/m1/s1. The number of likely N-dealkylation sites (tertiary alicyclic amines) is 1. The quantitative estimate of drug-likeness (QED) is 0.683. The molecule has 1 amide bonds. The molecule has 0 spiro atoms. The second kappa shape index (κ2) is 4.87. The fourth-order valence-electron chi connectivity index (χ4n) is 2.54. The molecule has 1 unspecified atom stereocenters. The van der Waals surface area contributed by atoms with Crippen molar-refractivity contribution < 1.29 is 19.8 Å². The highest BCUT2D eigenvalue weighted by atomic mass is 16.4. The van der Waals surface area contributed by atoms with E-state index < -0.39 is 18.1 Å². The number of hydrogen-bond donors (Lipinski definition) is 2. The van der Waals surface area contributed by atoms with E-state index in [0.717, 1.165) is 12.8 Å². The highest BCUT2D eigenvalue weighted by molar-refractivity contribution is 5.86. The van der Waals surface area contributed by atoms with Gasteiger partial charge in [0, 0.05) is 18.9 Å². The van der Waals surface area contributed by atoms with Gasteiger partial charge in [-0.25, -0.2) is 4.79 Å². The highest BCUT2D eigenvalue weighted by Gasteiger charge is 2.40. The molecule has 5 nitrogen and oxygen atoms in total. The van der Waals surface area contributed by atoms with E-state index >= 15 is 0 Å². The number of allylic oxidation sites excluding steroid dienone is 2. The van der Waals surface area contributed by atoms with Gasteiger partial charge in [0.2, 0.25) is 5.91 Å². The maximum atomic E-state index is 12.2. The first-order valence-corrected chi connectivity index (χ1v) is 5.96. The summed E-state index contributed by atoms with van der Waals surface area (Å²) in [5.74, 6) is -1.27. The molecule has 3 atom stereocenters. The van der Waals surface area contributed by atoms with Crippen molar-refractivity contribution in [3.05, 3.63) is 12.2 Å². The van der Waals surface area contributed by atoms with Crippen LogP contribution in [-0.2, 0) is 9.59 Å². The van der Waals surface area contributed by atoms with Gasteiger partial charge < -0.3 is 15.1 Å². The molecular formula is C12H17NO4. The molecule has 1 aliphatic heterocycles. The Bertz CT molecular complexity index is 352. The lowest BCUT2D eigenvalue weighted by Crippen LogP contribution is -2.43. The topological polar surface area (TPSA) is 77.8 Å². The van der Waals surface area contributed by atoms with Crippen LogP contribution in [0, 0.1) is 5.92 Å². The van der Waals surface area contributed by atoms with Gasteiger partial charge in [-0.15, -0.1) is 0 Å². The average Bonchev–Trinajstić information content (AvgIpc) is 2.72. The molecule has 0 saturated carbocycles. The van der Waals surface area contributed by atoms with E-state index in [-0.39, 0.29) is 24.8 Å². The van der Waals surface area contributed by atoms with Gasteiger partial charge in [0.25, 0.3) is 0 Å². The molecule has 2 aliphatic rings. The Balaban J connectivity index is 2.07. The molecule has 1 fully saturated rings. The molecule has 17 heavy (non-hydrogen) atoms. The van der Waals surface area contributed by atoms with Crippen LogP contribution in [0.4, 0.5) is 0 Å². The fourth-order valence-corrected chi connectivity index (χ4v) is 2.54. The number of nitrogens with zero attached hydrogens (tertiary/aromatic N) is 1. The Hall–Kier alpha value is -1.36. The summed E-state index contributed by atoms with van der Waals surface area (Å²) < 4.78 is 0. The van der Waals surface area contributed by atoms with Crippen LogP contribution in [0.15, 0.2) is 12.2 Å². The Morgan fingerprint density at radius 1 is 1.29 bits per heavy atom. The predicted molar refractivity (Wildman–Crippen MR) is 60.2 cm³/mol. The van der Waals surface area contributed by atoms with Crippen molar-refractivity contribution in [1.82, 2.24) is 4.90 Å². The third-order valence-electron chi connectivity index (χ3n) is 3.47. The second-order valence-electron chi connectivity index (χ2n) is 4.72. The molecule has 0 radical (unpaired) electrons. The first kappa shape index (κ1) is 12.1. The van der Waals surface area contributed by atoms with E-state index in [0.29, 0.717) is 6.42 Å². The van der Waals surface area contributed by atoms with E-state index in [1.165, 1.54) is 4.90 Å². The van der Waals surface area contributed by atoms with Crippen molar-refractivity contribution in [2.45, 2.75) is 37.8 Å². The Morgan fingerprint density at radius 3 is 2.65 bits per heavy atom. The van der Waals surface area contributed by atoms with Crippen LogP contribution in [0.5, 0.6) is 0 Å². The number of aliphatic hydroxyl groups is 1. The maximum Gasteiger partial charge on any atom is 0.326 e. The number of aliphatic carboxylic acids is 1. The van der Waals surface area contributed by atoms with Gasteiger partial charge in [-0.1, -0.05) is 12.2 Å². The molecule has 2 rings (SSSR count). The summed E-state index contributed by atoms with van der Waals surface area (Å²) in [6, 6.07) is -0.858. The third kappa shape index (κ3) is 2.49. The van der Waals surface area contributed by atoms with Crippen LogP contribution >= 0.6 is 0 Å². The normalized spacial score (nSPS) is 32.8. The van der Waals surface area contributed by atoms with Crippen molar-refractivity contribution in [2.24, 2.45) is 5.92 Å².